The minimum absolute atomic E-state index is 0.0891. The Balaban J connectivity index is 1.53. The third-order valence-electron chi connectivity index (χ3n) is 3.97. The molecule has 0 aromatic heterocycles. The summed E-state index contributed by atoms with van der Waals surface area (Å²) in [6.07, 6.45) is 2.25. The molecule has 0 saturated carbocycles. The molecule has 1 amide bonds. The van der Waals surface area contributed by atoms with Gasteiger partial charge in [-0.25, -0.2) is 16.3 Å². The van der Waals surface area contributed by atoms with Crippen molar-refractivity contribution in [2.24, 2.45) is 5.10 Å². The Labute approximate surface area is 154 Å². The summed E-state index contributed by atoms with van der Waals surface area (Å²) in [5, 5.41) is 4.02. The van der Waals surface area contributed by atoms with Crippen LogP contribution in [-0.2, 0) is 4.79 Å². The predicted octanol–water partition coefficient (Wildman–Crippen LogP) is 2.52. The number of carbonyl (C=O) groups is 1. The van der Waals surface area contributed by atoms with E-state index in [0.717, 1.165) is 21.3 Å². The molecule has 3 rings (SSSR count). The minimum Gasteiger partial charge on any atom is -0.497 e. The van der Waals surface area contributed by atoms with Crippen LogP contribution < -0.4 is 21.0 Å². The van der Waals surface area contributed by atoms with E-state index < -0.39 is 0 Å². The molecule has 1 heterocycles. The maximum Gasteiger partial charge on any atom is 0.258 e. The Kier molecular flexibility index (Phi) is 5.80. The first-order valence-electron chi connectivity index (χ1n) is 7.89. The third-order valence-corrected chi connectivity index (χ3v) is 4.50. The summed E-state index contributed by atoms with van der Waals surface area (Å²) < 4.78 is 6.19. The molecule has 130 valence electrons. The molecule has 2 aromatic rings. The van der Waals surface area contributed by atoms with Crippen molar-refractivity contribution < 1.29 is 9.53 Å². The molecule has 7 heteroatoms. The molecule has 1 saturated heterocycles. The first-order valence-corrected chi connectivity index (χ1v) is 8.68. The SMILES string of the molecule is COc1cccc(/C=N/NC(=O)C2CC(c3ccc(Br)cc3)NN2)c1. The zero-order valence-corrected chi connectivity index (χ0v) is 15.3. The van der Waals surface area contributed by atoms with Crippen molar-refractivity contribution >= 4 is 28.1 Å². The second-order valence-electron chi connectivity index (χ2n) is 5.69. The van der Waals surface area contributed by atoms with Crippen molar-refractivity contribution in [1.82, 2.24) is 16.3 Å². The second-order valence-corrected chi connectivity index (χ2v) is 6.61. The van der Waals surface area contributed by atoms with Crippen LogP contribution in [0.2, 0.25) is 0 Å². The molecular weight excluding hydrogens is 384 g/mol. The van der Waals surface area contributed by atoms with Gasteiger partial charge in [0.2, 0.25) is 0 Å². The van der Waals surface area contributed by atoms with E-state index in [-0.39, 0.29) is 18.0 Å². The van der Waals surface area contributed by atoms with Gasteiger partial charge in [-0.1, -0.05) is 40.2 Å². The van der Waals surface area contributed by atoms with Crippen LogP contribution >= 0.6 is 15.9 Å². The van der Waals surface area contributed by atoms with E-state index in [1.165, 1.54) is 0 Å². The van der Waals surface area contributed by atoms with Crippen LogP contribution in [0.3, 0.4) is 0 Å². The number of nitrogens with one attached hydrogen (secondary N) is 3. The highest BCUT2D eigenvalue weighted by Crippen LogP contribution is 2.23. The molecule has 1 fully saturated rings. The zero-order valence-electron chi connectivity index (χ0n) is 13.7. The number of benzene rings is 2. The molecule has 3 N–H and O–H groups in total. The van der Waals surface area contributed by atoms with Gasteiger partial charge < -0.3 is 4.74 Å². The fourth-order valence-electron chi connectivity index (χ4n) is 2.61. The van der Waals surface area contributed by atoms with Gasteiger partial charge in [-0.15, -0.1) is 0 Å². The molecule has 2 unspecified atom stereocenters. The van der Waals surface area contributed by atoms with Crippen molar-refractivity contribution in [2.45, 2.75) is 18.5 Å². The Hall–Kier alpha value is -2.22. The van der Waals surface area contributed by atoms with Gasteiger partial charge in [0.15, 0.2) is 0 Å². The highest BCUT2D eigenvalue weighted by molar-refractivity contribution is 9.10. The second kappa shape index (κ2) is 8.24. The standard InChI is InChI=1S/C18H19BrN4O2/c1-25-15-4-2-3-12(9-15)11-20-23-18(24)17-10-16(21-22-17)13-5-7-14(19)8-6-13/h2-9,11,16-17,21-22H,10H2,1H3,(H,23,24)/b20-11+. The monoisotopic (exact) mass is 402 g/mol. The molecule has 2 atom stereocenters. The summed E-state index contributed by atoms with van der Waals surface area (Å²) in [6, 6.07) is 15.2. The first-order chi connectivity index (χ1) is 12.2. The Bertz CT molecular complexity index is 764. The lowest BCUT2D eigenvalue weighted by atomic mass is 10.0. The number of halogens is 1. The highest BCUT2D eigenvalue weighted by Gasteiger charge is 2.29. The minimum atomic E-state index is -0.337. The van der Waals surface area contributed by atoms with Crippen molar-refractivity contribution in [3.05, 3.63) is 64.1 Å². The van der Waals surface area contributed by atoms with Gasteiger partial charge in [-0.3, -0.25) is 4.79 Å². The van der Waals surface area contributed by atoms with Crippen LogP contribution in [0.25, 0.3) is 0 Å². The van der Waals surface area contributed by atoms with Gasteiger partial charge in [0.25, 0.3) is 5.91 Å². The molecule has 2 aromatic carbocycles. The molecule has 0 radical (unpaired) electrons. The van der Waals surface area contributed by atoms with Crippen LogP contribution in [0, 0.1) is 0 Å². The fraction of sp³-hybridized carbons (Fsp3) is 0.222. The number of rotatable bonds is 5. The third kappa shape index (κ3) is 4.66. The summed E-state index contributed by atoms with van der Waals surface area (Å²) in [5.74, 6) is 0.570. The van der Waals surface area contributed by atoms with Gasteiger partial charge in [-0.05, 0) is 41.8 Å². The Morgan fingerprint density at radius 3 is 2.84 bits per heavy atom. The molecule has 1 aliphatic rings. The lowest BCUT2D eigenvalue weighted by Gasteiger charge is -2.09. The van der Waals surface area contributed by atoms with E-state index in [1.54, 1.807) is 13.3 Å². The fourth-order valence-corrected chi connectivity index (χ4v) is 2.88. The van der Waals surface area contributed by atoms with Gasteiger partial charge in [0.05, 0.1) is 13.3 Å². The van der Waals surface area contributed by atoms with Crippen LogP contribution in [0.4, 0.5) is 0 Å². The molecule has 1 aliphatic heterocycles. The van der Waals surface area contributed by atoms with Gasteiger partial charge >= 0.3 is 0 Å². The summed E-state index contributed by atoms with van der Waals surface area (Å²) in [4.78, 5) is 12.2. The van der Waals surface area contributed by atoms with E-state index in [9.17, 15) is 4.79 Å². The molecule has 25 heavy (non-hydrogen) atoms. The number of methoxy groups -OCH3 is 1. The van der Waals surface area contributed by atoms with Gasteiger partial charge in [-0.2, -0.15) is 5.10 Å². The summed E-state index contributed by atoms with van der Waals surface area (Å²) in [6.45, 7) is 0. The largest absolute Gasteiger partial charge is 0.497 e. The maximum atomic E-state index is 12.2. The summed E-state index contributed by atoms with van der Waals surface area (Å²) >= 11 is 3.42. The number of carbonyl (C=O) groups excluding carboxylic acids is 1. The number of amides is 1. The van der Waals surface area contributed by atoms with Gasteiger partial charge in [0.1, 0.15) is 11.8 Å². The normalized spacial score (nSPS) is 19.9. The zero-order chi connectivity index (χ0) is 17.6. The number of nitrogens with zero attached hydrogens (tertiary/aromatic N) is 1. The number of hydrogen-bond donors (Lipinski definition) is 3. The molecular formula is C18H19BrN4O2. The van der Waals surface area contributed by atoms with E-state index >= 15 is 0 Å². The first kappa shape index (κ1) is 17.6. The number of hydrazone groups is 1. The van der Waals surface area contributed by atoms with Gasteiger partial charge in [0, 0.05) is 10.5 Å². The predicted molar refractivity (Wildman–Crippen MR) is 100 cm³/mol. The average Bonchev–Trinajstić information content (AvgIpc) is 3.12. The quantitative estimate of drug-likeness (QED) is 0.530. The maximum absolute atomic E-state index is 12.2. The number of hydrogen-bond acceptors (Lipinski definition) is 5. The average molecular weight is 403 g/mol. The smallest absolute Gasteiger partial charge is 0.258 e. The Morgan fingerprint density at radius 2 is 2.08 bits per heavy atom. The van der Waals surface area contributed by atoms with Crippen molar-refractivity contribution in [2.75, 3.05) is 7.11 Å². The lowest BCUT2D eigenvalue weighted by Crippen LogP contribution is -2.41. The molecule has 6 nitrogen and oxygen atoms in total. The van der Waals surface area contributed by atoms with E-state index in [2.05, 4.69) is 37.3 Å². The molecule has 0 aliphatic carbocycles. The summed E-state index contributed by atoms with van der Waals surface area (Å²) in [7, 11) is 1.61. The lowest BCUT2D eigenvalue weighted by molar-refractivity contribution is -0.122. The number of hydrazine groups is 1. The van der Waals surface area contributed by atoms with Crippen LogP contribution in [0.15, 0.2) is 58.1 Å². The molecule has 0 bridgehead atoms. The van der Waals surface area contributed by atoms with E-state index in [4.69, 9.17) is 4.74 Å². The van der Waals surface area contributed by atoms with Crippen LogP contribution in [-0.4, -0.2) is 25.3 Å². The van der Waals surface area contributed by atoms with Crippen LogP contribution in [0.1, 0.15) is 23.6 Å². The summed E-state index contributed by atoms with van der Waals surface area (Å²) in [5.41, 5.74) is 10.7. The van der Waals surface area contributed by atoms with Crippen molar-refractivity contribution in [1.29, 1.82) is 0 Å². The van der Waals surface area contributed by atoms with E-state index in [0.29, 0.717) is 6.42 Å². The highest BCUT2D eigenvalue weighted by atomic mass is 79.9. The van der Waals surface area contributed by atoms with Crippen molar-refractivity contribution in [3.8, 4) is 5.75 Å². The topological polar surface area (TPSA) is 74.8 Å². The Morgan fingerprint density at radius 1 is 1.28 bits per heavy atom. The van der Waals surface area contributed by atoms with Crippen LogP contribution in [0.5, 0.6) is 5.75 Å². The van der Waals surface area contributed by atoms with E-state index in [1.807, 2.05) is 48.5 Å². The van der Waals surface area contributed by atoms with Crippen molar-refractivity contribution in [3.63, 3.8) is 0 Å². The number of ether oxygens (including phenoxy) is 1. The molecule has 0 spiro atoms.